The van der Waals surface area contributed by atoms with Gasteiger partial charge in [-0.3, -0.25) is 4.98 Å². The van der Waals surface area contributed by atoms with Gasteiger partial charge in [0, 0.05) is 17.1 Å². The van der Waals surface area contributed by atoms with E-state index in [1.807, 2.05) is 26.0 Å². The van der Waals surface area contributed by atoms with Gasteiger partial charge in [0.1, 0.15) is 5.76 Å². The molecule has 4 rings (SSSR count). The average molecular weight is 356 g/mol. The van der Waals surface area contributed by atoms with Crippen molar-refractivity contribution in [1.82, 2.24) is 10.1 Å². The SMILES string of the molecule is Cc1noc(C)c1-c1cc(S(=O)(=O)CCC2CC2)c2cccnc2c1. The lowest BCUT2D eigenvalue weighted by Gasteiger charge is -2.11. The van der Waals surface area contributed by atoms with Gasteiger partial charge < -0.3 is 4.52 Å². The molecule has 0 bridgehead atoms. The summed E-state index contributed by atoms with van der Waals surface area (Å²) in [6, 6.07) is 7.25. The molecule has 1 aromatic carbocycles. The Hall–Kier alpha value is -2.21. The van der Waals surface area contributed by atoms with Crippen LogP contribution in [0.4, 0.5) is 0 Å². The maximum absolute atomic E-state index is 13.0. The van der Waals surface area contributed by atoms with Crippen molar-refractivity contribution in [3.63, 3.8) is 0 Å². The highest BCUT2D eigenvalue weighted by Crippen LogP contribution is 2.36. The van der Waals surface area contributed by atoms with E-state index in [2.05, 4.69) is 10.1 Å². The average Bonchev–Trinajstić information content (AvgIpc) is 3.36. The van der Waals surface area contributed by atoms with Crippen LogP contribution in [-0.2, 0) is 9.84 Å². The highest BCUT2D eigenvalue weighted by Gasteiger charge is 2.27. The summed E-state index contributed by atoms with van der Waals surface area (Å²) in [6.45, 7) is 3.69. The summed E-state index contributed by atoms with van der Waals surface area (Å²) in [5.74, 6) is 1.44. The maximum Gasteiger partial charge on any atom is 0.179 e. The summed E-state index contributed by atoms with van der Waals surface area (Å²) in [5, 5.41) is 4.66. The fourth-order valence-corrected chi connectivity index (χ4v) is 4.96. The molecule has 130 valence electrons. The minimum absolute atomic E-state index is 0.187. The fourth-order valence-electron chi connectivity index (χ4n) is 3.28. The minimum Gasteiger partial charge on any atom is -0.361 e. The Bertz CT molecular complexity index is 1030. The van der Waals surface area contributed by atoms with Crippen molar-refractivity contribution in [2.75, 3.05) is 5.75 Å². The van der Waals surface area contributed by atoms with Crippen LogP contribution in [0, 0.1) is 19.8 Å². The minimum atomic E-state index is -3.37. The van der Waals surface area contributed by atoms with E-state index in [1.54, 1.807) is 18.3 Å². The molecule has 2 aromatic heterocycles. The van der Waals surface area contributed by atoms with Crippen LogP contribution in [0.2, 0.25) is 0 Å². The molecule has 1 fully saturated rings. The third kappa shape index (κ3) is 3.06. The first-order valence-corrected chi connectivity index (χ1v) is 10.2. The number of sulfone groups is 1. The van der Waals surface area contributed by atoms with Crippen LogP contribution in [0.1, 0.15) is 30.7 Å². The van der Waals surface area contributed by atoms with Gasteiger partial charge in [-0.15, -0.1) is 0 Å². The van der Waals surface area contributed by atoms with E-state index in [1.165, 1.54) is 0 Å². The molecule has 0 aliphatic heterocycles. The van der Waals surface area contributed by atoms with Gasteiger partial charge in [-0.05, 0) is 56.0 Å². The normalized spacial score (nSPS) is 15.0. The molecule has 2 heterocycles. The summed E-state index contributed by atoms with van der Waals surface area (Å²) in [5.41, 5.74) is 3.04. The third-order valence-electron chi connectivity index (χ3n) is 4.83. The molecule has 5 nitrogen and oxygen atoms in total. The zero-order valence-electron chi connectivity index (χ0n) is 14.3. The predicted octanol–water partition coefficient (Wildman–Crippen LogP) is 4.08. The van der Waals surface area contributed by atoms with Crippen molar-refractivity contribution in [2.24, 2.45) is 5.92 Å². The van der Waals surface area contributed by atoms with E-state index >= 15 is 0 Å². The van der Waals surface area contributed by atoms with Crippen molar-refractivity contribution in [3.8, 4) is 11.1 Å². The van der Waals surface area contributed by atoms with Gasteiger partial charge in [-0.2, -0.15) is 0 Å². The standard InChI is InChI=1S/C19H20N2O3S/c1-12-19(13(2)24-21-12)15-10-17-16(4-3-8-20-17)18(11-15)25(22,23)9-7-14-5-6-14/h3-4,8,10-11,14H,5-7,9H2,1-2H3. The Morgan fingerprint density at radius 2 is 2.04 bits per heavy atom. The molecule has 0 spiro atoms. The molecule has 0 unspecified atom stereocenters. The predicted molar refractivity (Wildman–Crippen MR) is 96.1 cm³/mol. The van der Waals surface area contributed by atoms with Gasteiger partial charge in [0.25, 0.3) is 0 Å². The molecule has 0 saturated heterocycles. The summed E-state index contributed by atoms with van der Waals surface area (Å²) in [7, 11) is -3.37. The van der Waals surface area contributed by atoms with Crippen LogP contribution in [0.15, 0.2) is 39.9 Å². The van der Waals surface area contributed by atoms with Crippen molar-refractivity contribution < 1.29 is 12.9 Å². The lowest BCUT2D eigenvalue weighted by molar-refractivity contribution is 0.393. The van der Waals surface area contributed by atoms with Gasteiger partial charge in [-0.25, -0.2) is 8.42 Å². The first kappa shape index (κ1) is 16.3. The quantitative estimate of drug-likeness (QED) is 0.689. The second-order valence-corrected chi connectivity index (χ2v) is 8.87. The van der Waals surface area contributed by atoms with Crippen molar-refractivity contribution in [1.29, 1.82) is 0 Å². The van der Waals surface area contributed by atoms with Gasteiger partial charge in [0.15, 0.2) is 9.84 Å². The van der Waals surface area contributed by atoms with Crippen LogP contribution in [-0.4, -0.2) is 24.3 Å². The molecule has 1 aliphatic carbocycles. The number of pyridine rings is 1. The first-order chi connectivity index (χ1) is 12.0. The Labute approximate surface area is 147 Å². The third-order valence-corrected chi connectivity index (χ3v) is 6.61. The monoisotopic (exact) mass is 356 g/mol. The van der Waals surface area contributed by atoms with Crippen LogP contribution in [0.5, 0.6) is 0 Å². The Morgan fingerprint density at radius 1 is 1.24 bits per heavy atom. The van der Waals surface area contributed by atoms with Crippen LogP contribution < -0.4 is 0 Å². The van der Waals surface area contributed by atoms with Crippen molar-refractivity contribution >= 4 is 20.7 Å². The zero-order valence-corrected chi connectivity index (χ0v) is 15.1. The lowest BCUT2D eigenvalue weighted by atomic mass is 10.0. The topological polar surface area (TPSA) is 73.1 Å². The van der Waals surface area contributed by atoms with E-state index < -0.39 is 9.84 Å². The van der Waals surface area contributed by atoms with E-state index in [4.69, 9.17) is 4.52 Å². The first-order valence-electron chi connectivity index (χ1n) is 8.50. The summed E-state index contributed by atoms with van der Waals surface area (Å²) < 4.78 is 31.3. The van der Waals surface area contributed by atoms with Crippen molar-refractivity contribution in [2.45, 2.75) is 38.0 Å². The highest BCUT2D eigenvalue weighted by atomic mass is 32.2. The summed E-state index contributed by atoms with van der Waals surface area (Å²) in [6.07, 6.45) is 4.72. The van der Waals surface area contributed by atoms with E-state index in [9.17, 15) is 8.42 Å². The number of hydrogen-bond acceptors (Lipinski definition) is 5. The number of nitrogens with zero attached hydrogens (tertiary/aromatic N) is 2. The number of aromatic nitrogens is 2. The molecule has 1 saturated carbocycles. The van der Waals surface area contributed by atoms with E-state index in [0.717, 1.165) is 36.1 Å². The number of rotatable bonds is 5. The molecule has 3 aromatic rings. The molecule has 0 atom stereocenters. The summed E-state index contributed by atoms with van der Waals surface area (Å²) in [4.78, 5) is 4.73. The molecule has 25 heavy (non-hydrogen) atoms. The van der Waals surface area contributed by atoms with Crippen LogP contribution in [0.3, 0.4) is 0 Å². The van der Waals surface area contributed by atoms with Crippen LogP contribution >= 0.6 is 0 Å². The molecule has 0 amide bonds. The summed E-state index contributed by atoms with van der Waals surface area (Å²) >= 11 is 0. The van der Waals surface area contributed by atoms with Gasteiger partial charge in [-0.1, -0.05) is 18.0 Å². The molecular formula is C19H20N2O3S. The second kappa shape index (κ2) is 5.95. The Balaban J connectivity index is 1.90. The Kier molecular flexibility index (Phi) is 3.87. The number of benzene rings is 1. The lowest BCUT2D eigenvalue weighted by Crippen LogP contribution is -2.09. The zero-order chi connectivity index (χ0) is 17.6. The maximum atomic E-state index is 13.0. The smallest absolute Gasteiger partial charge is 0.179 e. The van der Waals surface area contributed by atoms with E-state index in [-0.39, 0.29) is 5.75 Å². The second-order valence-electron chi connectivity index (χ2n) is 6.79. The largest absolute Gasteiger partial charge is 0.361 e. The molecule has 0 N–H and O–H groups in total. The Morgan fingerprint density at radius 3 is 2.72 bits per heavy atom. The highest BCUT2D eigenvalue weighted by molar-refractivity contribution is 7.91. The number of hydrogen-bond donors (Lipinski definition) is 0. The fraction of sp³-hybridized carbons (Fsp3) is 0.368. The number of aryl methyl sites for hydroxylation is 2. The van der Waals surface area contributed by atoms with Crippen LogP contribution in [0.25, 0.3) is 22.0 Å². The van der Waals surface area contributed by atoms with Gasteiger partial charge >= 0.3 is 0 Å². The van der Waals surface area contributed by atoms with Gasteiger partial charge in [0.05, 0.1) is 21.9 Å². The molecule has 0 radical (unpaired) electrons. The number of fused-ring (bicyclic) bond motifs is 1. The van der Waals surface area contributed by atoms with E-state index in [0.29, 0.717) is 27.5 Å². The molecule has 1 aliphatic rings. The van der Waals surface area contributed by atoms with Gasteiger partial charge in [0.2, 0.25) is 0 Å². The molecule has 6 heteroatoms. The van der Waals surface area contributed by atoms with Crippen molar-refractivity contribution in [3.05, 3.63) is 41.9 Å². The molecular weight excluding hydrogens is 336 g/mol.